The average molecular weight is 315 g/mol. The van der Waals surface area contributed by atoms with Gasteiger partial charge in [0.1, 0.15) is 0 Å². The lowest BCUT2D eigenvalue weighted by atomic mass is 10.2. The highest BCUT2D eigenvalue weighted by molar-refractivity contribution is 5.79. The van der Waals surface area contributed by atoms with Crippen molar-refractivity contribution < 1.29 is 9.13 Å². The predicted molar refractivity (Wildman–Crippen MR) is 91.1 cm³/mol. The summed E-state index contributed by atoms with van der Waals surface area (Å²) in [5, 5.41) is 3.24. The normalized spacial score (nSPS) is 11.2. The van der Waals surface area contributed by atoms with Gasteiger partial charge in [0, 0.05) is 27.2 Å². The summed E-state index contributed by atoms with van der Waals surface area (Å²) in [6.45, 7) is 1.24. The van der Waals surface area contributed by atoms with Gasteiger partial charge in [-0.3, -0.25) is 4.99 Å². The molecule has 2 aromatic rings. The van der Waals surface area contributed by atoms with Crippen LogP contribution in [0.5, 0.6) is 5.75 Å². The molecule has 0 heterocycles. The van der Waals surface area contributed by atoms with Crippen molar-refractivity contribution in [1.29, 1.82) is 0 Å². The van der Waals surface area contributed by atoms with Crippen LogP contribution < -0.4 is 10.1 Å². The van der Waals surface area contributed by atoms with Crippen molar-refractivity contribution in [2.24, 2.45) is 4.99 Å². The molecule has 2 rings (SSSR count). The number of hydrogen-bond acceptors (Lipinski definition) is 2. The zero-order chi connectivity index (χ0) is 16.7. The molecule has 0 aliphatic heterocycles. The third-order valence-corrected chi connectivity index (χ3v) is 3.50. The second-order valence-corrected chi connectivity index (χ2v) is 5.21. The number of ether oxygens (including phenoxy) is 1. The first-order valence-corrected chi connectivity index (χ1v) is 7.42. The van der Waals surface area contributed by atoms with Gasteiger partial charge in [0.2, 0.25) is 0 Å². The molecule has 0 amide bonds. The highest BCUT2D eigenvalue weighted by atomic mass is 19.1. The monoisotopic (exact) mass is 315 g/mol. The average Bonchev–Trinajstić information content (AvgIpc) is 2.56. The fourth-order valence-corrected chi connectivity index (χ4v) is 2.32. The molecule has 0 saturated heterocycles. The van der Waals surface area contributed by atoms with Crippen molar-refractivity contribution in [3.8, 4) is 5.75 Å². The summed E-state index contributed by atoms with van der Waals surface area (Å²) in [5.74, 6) is 0.642. The zero-order valence-electron chi connectivity index (χ0n) is 13.7. The maximum atomic E-state index is 13.7. The van der Waals surface area contributed by atoms with Gasteiger partial charge in [-0.25, -0.2) is 4.39 Å². The molecule has 0 radical (unpaired) electrons. The molecule has 4 nitrogen and oxygen atoms in total. The Morgan fingerprint density at radius 1 is 1.17 bits per heavy atom. The van der Waals surface area contributed by atoms with E-state index in [-0.39, 0.29) is 11.6 Å². The largest absolute Gasteiger partial charge is 0.494 e. The molecule has 0 fully saturated rings. The van der Waals surface area contributed by atoms with Crippen LogP contribution in [-0.4, -0.2) is 32.1 Å². The quantitative estimate of drug-likeness (QED) is 0.680. The van der Waals surface area contributed by atoms with Crippen LogP contribution in [0.4, 0.5) is 4.39 Å². The zero-order valence-corrected chi connectivity index (χ0v) is 13.7. The van der Waals surface area contributed by atoms with E-state index in [1.54, 1.807) is 13.1 Å². The minimum atomic E-state index is -0.362. The van der Waals surface area contributed by atoms with E-state index in [2.05, 4.69) is 22.4 Å². The molecule has 0 spiro atoms. The Balaban J connectivity index is 1.96. The van der Waals surface area contributed by atoms with E-state index in [9.17, 15) is 4.39 Å². The molecular weight excluding hydrogens is 293 g/mol. The molecular formula is C18H22FN3O. The van der Waals surface area contributed by atoms with E-state index < -0.39 is 0 Å². The molecule has 0 saturated carbocycles. The first-order valence-electron chi connectivity index (χ1n) is 7.42. The molecule has 5 heteroatoms. The number of guanidine groups is 1. The first kappa shape index (κ1) is 16.8. The van der Waals surface area contributed by atoms with E-state index in [1.165, 1.54) is 18.7 Å². The van der Waals surface area contributed by atoms with E-state index in [4.69, 9.17) is 4.74 Å². The highest BCUT2D eigenvalue weighted by Gasteiger charge is 2.08. The third kappa shape index (κ3) is 4.71. The number of hydrogen-bond donors (Lipinski definition) is 1. The van der Waals surface area contributed by atoms with Gasteiger partial charge in [0.15, 0.2) is 17.5 Å². The highest BCUT2D eigenvalue weighted by Crippen LogP contribution is 2.17. The fourth-order valence-electron chi connectivity index (χ4n) is 2.32. The van der Waals surface area contributed by atoms with E-state index in [0.29, 0.717) is 6.54 Å². The van der Waals surface area contributed by atoms with Gasteiger partial charge in [-0.15, -0.1) is 0 Å². The Kier molecular flexibility index (Phi) is 5.97. The Labute approximate surface area is 136 Å². The van der Waals surface area contributed by atoms with Gasteiger partial charge in [0.25, 0.3) is 0 Å². The summed E-state index contributed by atoms with van der Waals surface area (Å²) < 4.78 is 18.6. The van der Waals surface area contributed by atoms with Crippen molar-refractivity contribution in [1.82, 2.24) is 10.2 Å². The molecule has 0 bridgehead atoms. The van der Waals surface area contributed by atoms with Crippen molar-refractivity contribution in [2.75, 3.05) is 21.2 Å². The number of benzene rings is 2. The molecule has 1 N–H and O–H groups in total. The minimum Gasteiger partial charge on any atom is -0.494 e. The third-order valence-electron chi connectivity index (χ3n) is 3.50. The number of halogens is 1. The Bertz CT molecular complexity index is 659. The topological polar surface area (TPSA) is 36.9 Å². The summed E-state index contributed by atoms with van der Waals surface area (Å²) in [6.07, 6.45) is 0. The van der Waals surface area contributed by atoms with Crippen LogP contribution in [0.1, 0.15) is 11.1 Å². The van der Waals surface area contributed by atoms with Gasteiger partial charge in [-0.2, -0.15) is 0 Å². The number of methoxy groups -OCH3 is 1. The van der Waals surface area contributed by atoms with Crippen molar-refractivity contribution >= 4 is 5.96 Å². The summed E-state index contributed by atoms with van der Waals surface area (Å²) in [4.78, 5) is 6.29. The van der Waals surface area contributed by atoms with Crippen molar-refractivity contribution in [3.05, 3.63) is 65.5 Å². The van der Waals surface area contributed by atoms with Crippen molar-refractivity contribution in [2.45, 2.75) is 13.1 Å². The molecule has 23 heavy (non-hydrogen) atoms. The molecule has 0 aromatic heterocycles. The standard InChI is InChI=1S/C18H22FN3O/c1-20-18(22(2)13-14-7-5-4-6-8-14)21-12-15-9-10-17(23-3)16(19)11-15/h4-11H,12-13H2,1-3H3,(H,20,21). The fraction of sp³-hybridized carbons (Fsp3) is 0.278. The van der Waals surface area contributed by atoms with Crippen LogP contribution in [-0.2, 0) is 13.1 Å². The first-order chi connectivity index (χ1) is 11.1. The molecule has 0 aliphatic carbocycles. The number of nitrogens with zero attached hydrogens (tertiary/aromatic N) is 2. The second-order valence-electron chi connectivity index (χ2n) is 5.21. The van der Waals surface area contributed by atoms with Crippen molar-refractivity contribution in [3.63, 3.8) is 0 Å². The molecule has 0 unspecified atom stereocenters. The summed E-state index contributed by atoms with van der Waals surface area (Å²) in [5.41, 5.74) is 2.03. The lowest BCUT2D eigenvalue weighted by molar-refractivity contribution is 0.386. The molecule has 0 atom stereocenters. The predicted octanol–water partition coefficient (Wildman–Crippen LogP) is 3.04. The Hall–Kier alpha value is -2.56. The number of rotatable bonds is 5. The van der Waals surface area contributed by atoms with E-state index in [0.717, 1.165) is 18.1 Å². The van der Waals surface area contributed by atoms with Gasteiger partial charge in [-0.05, 0) is 23.3 Å². The lowest BCUT2D eigenvalue weighted by Gasteiger charge is -2.22. The van der Waals surface area contributed by atoms with Gasteiger partial charge in [-0.1, -0.05) is 36.4 Å². The SMILES string of the molecule is CN=C(NCc1ccc(OC)c(F)c1)N(C)Cc1ccccc1. The molecule has 0 aliphatic rings. The number of nitrogens with one attached hydrogen (secondary N) is 1. The molecule has 122 valence electrons. The maximum Gasteiger partial charge on any atom is 0.193 e. The minimum absolute atomic E-state index is 0.249. The Morgan fingerprint density at radius 3 is 2.52 bits per heavy atom. The summed E-state index contributed by atoms with van der Waals surface area (Å²) in [7, 11) is 5.16. The summed E-state index contributed by atoms with van der Waals surface area (Å²) in [6, 6.07) is 15.1. The van der Waals surface area contributed by atoms with Crippen LogP contribution in [0, 0.1) is 5.82 Å². The van der Waals surface area contributed by atoms with Crippen LogP contribution in [0.3, 0.4) is 0 Å². The van der Waals surface area contributed by atoms with Gasteiger partial charge < -0.3 is 15.0 Å². The Morgan fingerprint density at radius 2 is 1.91 bits per heavy atom. The van der Waals surface area contributed by atoms with Crippen LogP contribution >= 0.6 is 0 Å². The van der Waals surface area contributed by atoms with Gasteiger partial charge in [0.05, 0.1) is 7.11 Å². The second kappa shape index (κ2) is 8.17. The lowest BCUT2D eigenvalue weighted by Crippen LogP contribution is -2.38. The van der Waals surface area contributed by atoms with Gasteiger partial charge >= 0.3 is 0 Å². The molecule has 2 aromatic carbocycles. The van der Waals surface area contributed by atoms with Crippen LogP contribution in [0.15, 0.2) is 53.5 Å². The number of aliphatic imine (C=N–C) groups is 1. The smallest absolute Gasteiger partial charge is 0.193 e. The summed E-state index contributed by atoms with van der Waals surface area (Å²) >= 11 is 0. The van der Waals surface area contributed by atoms with E-state index in [1.807, 2.05) is 36.2 Å². The maximum absolute atomic E-state index is 13.7. The van der Waals surface area contributed by atoms with E-state index >= 15 is 0 Å². The van der Waals surface area contributed by atoms with Crippen LogP contribution in [0.2, 0.25) is 0 Å². The van der Waals surface area contributed by atoms with Crippen LogP contribution in [0.25, 0.3) is 0 Å².